The van der Waals surface area contributed by atoms with Gasteiger partial charge in [-0.25, -0.2) is 4.98 Å². The van der Waals surface area contributed by atoms with Crippen LogP contribution >= 0.6 is 11.3 Å². The molecule has 0 saturated heterocycles. The van der Waals surface area contributed by atoms with Crippen molar-refractivity contribution in [2.24, 2.45) is 0 Å². The van der Waals surface area contributed by atoms with E-state index >= 15 is 0 Å². The first-order valence-electron chi connectivity index (χ1n) is 7.62. The van der Waals surface area contributed by atoms with Gasteiger partial charge in [0.1, 0.15) is 0 Å². The van der Waals surface area contributed by atoms with E-state index in [4.69, 9.17) is 0 Å². The zero-order valence-corrected chi connectivity index (χ0v) is 13.4. The van der Waals surface area contributed by atoms with Crippen LogP contribution in [0.1, 0.15) is 44.3 Å². The van der Waals surface area contributed by atoms with Gasteiger partial charge in [-0.1, -0.05) is 13.3 Å². The van der Waals surface area contributed by atoms with Crippen LogP contribution in [0.4, 0.5) is 5.13 Å². The fraction of sp³-hybridized carbons (Fsp3) is 0.500. The number of pyridine rings is 1. The zero-order chi connectivity index (χ0) is 14.8. The summed E-state index contributed by atoms with van der Waals surface area (Å²) in [4.78, 5) is 17.2. The number of rotatable bonds is 6. The van der Waals surface area contributed by atoms with E-state index in [1.165, 1.54) is 0 Å². The lowest BCUT2D eigenvalue weighted by Gasteiger charge is -2.09. The first kappa shape index (κ1) is 14.3. The van der Waals surface area contributed by atoms with Crippen molar-refractivity contribution in [2.75, 3.05) is 11.9 Å². The van der Waals surface area contributed by atoms with Crippen LogP contribution in [0.3, 0.4) is 0 Å². The van der Waals surface area contributed by atoms with Crippen LogP contribution in [-0.4, -0.2) is 16.1 Å². The molecule has 2 heterocycles. The second-order valence-electron chi connectivity index (χ2n) is 5.61. The lowest BCUT2D eigenvalue weighted by molar-refractivity contribution is 0.683. The van der Waals surface area contributed by atoms with Crippen LogP contribution in [0.25, 0.3) is 11.3 Å². The summed E-state index contributed by atoms with van der Waals surface area (Å²) in [5, 5.41) is 6.18. The molecule has 5 heteroatoms. The number of thiazole rings is 1. The Hall–Kier alpha value is -1.62. The van der Waals surface area contributed by atoms with E-state index in [0.717, 1.165) is 48.7 Å². The number of nitrogens with zero attached hydrogens (tertiary/aromatic N) is 2. The van der Waals surface area contributed by atoms with Crippen molar-refractivity contribution in [1.29, 1.82) is 0 Å². The Kier molecular flexibility index (Phi) is 4.10. The fourth-order valence-electron chi connectivity index (χ4n) is 2.48. The summed E-state index contributed by atoms with van der Waals surface area (Å²) < 4.78 is 1.93. The molecular weight excluding hydrogens is 282 g/mol. The molecule has 1 saturated carbocycles. The Labute approximate surface area is 128 Å². The van der Waals surface area contributed by atoms with Crippen molar-refractivity contribution in [3.8, 4) is 11.3 Å². The average Bonchev–Trinajstić information content (AvgIpc) is 3.18. The minimum Gasteiger partial charge on any atom is -0.362 e. The summed E-state index contributed by atoms with van der Waals surface area (Å²) >= 11 is 1.57. The molecular formula is C16H21N3OS. The normalized spacial score (nSPS) is 14.4. The third-order valence-electron chi connectivity index (χ3n) is 3.82. The number of aromatic nitrogens is 2. The van der Waals surface area contributed by atoms with Gasteiger partial charge in [0, 0.05) is 23.7 Å². The summed E-state index contributed by atoms with van der Waals surface area (Å²) in [5.41, 5.74) is 2.65. The zero-order valence-electron chi connectivity index (χ0n) is 12.6. The topological polar surface area (TPSA) is 46.9 Å². The Bertz CT molecular complexity index is 685. The standard InChI is InChI=1S/C16H21N3OS/c1-3-4-9-17-16-18-14(10-21-16)13-8-5-11(2)19(15(13)20)12-6-7-12/h5,8,10,12H,3-4,6-7,9H2,1-2H3,(H,17,18). The number of nitrogens with one attached hydrogen (secondary N) is 1. The Morgan fingerprint density at radius 2 is 2.24 bits per heavy atom. The van der Waals surface area contributed by atoms with Crippen molar-refractivity contribution in [3.05, 3.63) is 33.6 Å². The van der Waals surface area contributed by atoms with Gasteiger partial charge in [0.2, 0.25) is 0 Å². The monoisotopic (exact) mass is 303 g/mol. The summed E-state index contributed by atoms with van der Waals surface area (Å²) in [5.74, 6) is 0. The molecule has 0 amide bonds. The van der Waals surface area contributed by atoms with Gasteiger partial charge < -0.3 is 9.88 Å². The number of hydrogen-bond donors (Lipinski definition) is 1. The van der Waals surface area contributed by atoms with Crippen LogP contribution in [0.2, 0.25) is 0 Å². The molecule has 0 spiro atoms. The van der Waals surface area contributed by atoms with Crippen molar-refractivity contribution >= 4 is 16.5 Å². The SMILES string of the molecule is CCCCNc1nc(-c2ccc(C)n(C3CC3)c2=O)cs1. The third-order valence-corrected chi connectivity index (χ3v) is 4.62. The average molecular weight is 303 g/mol. The molecule has 1 aliphatic rings. The molecule has 2 aromatic rings. The van der Waals surface area contributed by atoms with Crippen molar-refractivity contribution in [3.63, 3.8) is 0 Å². The second kappa shape index (κ2) is 6.02. The first-order chi connectivity index (χ1) is 10.2. The van der Waals surface area contributed by atoms with Gasteiger partial charge >= 0.3 is 0 Å². The molecule has 2 aromatic heterocycles. The lowest BCUT2D eigenvalue weighted by atomic mass is 10.2. The highest BCUT2D eigenvalue weighted by Crippen LogP contribution is 2.35. The second-order valence-corrected chi connectivity index (χ2v) is 6.47. The Morgan fingerprint density at radius 1 is 1.43 bits per heavy atom. The van der Waals surface area contributed by atoms with Crippen LogP contribution < -0.4 is 10.9 Å². The molecule has 0 bridgehead atoms. The summed E-state index contributed by atoms with van der Waals surface area (Å²) in [6.07, 6.45) is 4.53. The molecule has 1 aliphatic carbocycles. The van der Waals surface area contributed by atoms with Crippen molar-refractivity contribution in [1.82, 2.24) is 9.55 Å². The smallest absolute Gasteiger partial charge is 0.260 e. The molecule has 3 rings (SSSR count). The number of unbranched alkanes of at least 4 members (excludes halogenated alkanes) is 1. The van der Waals surface area contributed by atoms with Crippen molar-refractivity contribution in [2.45, 2.75) is 45.6 Å². The summed E-state index contributed by atoms with van der Waals surface area (Å²) in [6, 6.07) is 4.33. The largest absolute Gasteiger partial charge is 0.362 e. The van der Waals surface area contributed by atoms with E-state index in [-0.39, 0.29) is 5.56 Å². The lowest BCUT2D eigenvalue weighted by Crippen LogP contribution is -2.22. The van der Waals surface area contributed by atoms with Crippen molar-refractivity contribution < 1.29 is 0 Å². The molecule has 21 heavy (non-hydrogen) atoms. The fourth-order valence-corrected chi connectivity index (χ4v) is 3.22. The van der Waals surface area contributed by atoms with E-state index < -0.39 is 0 Å². The molecule has 0 aromatic carbocycles. The molecule has 4 nitrogen and oxygen atoms in total. The van der Waals surface area contributed by atoms with E-state index in [1.807, 2.05) is 29.0 Å². The van der Waals surface area contributed by atoms with Crippen LogP contribution in [0.5, 0.6) is 0 Å². The highest BCUT2D eigenvalue weighted by Gasteiger charge is 2.27. The van der Waals surface area contributed by atoms with Gasteiger partial charge in [0.05, 0.1) is 11.3 Å². The van der Waals surface area contributed by atoms with E-state index in [1.54, 1.807) is 11.3 Å². The molecule has 0 unspecified atom stereocenters. The third kappa shape index (κ3) is 3.02. The van der Waals surface area contributed by atoms with E-state index in [9.17, 15) is 4.79 Å². The molecule has 112 valence electrons. The quantitative estimate of drug-likeness (QED) is 0.825. The molecule has 1 fully saturated rings. The predicted octanol–water partition coefficient (Wildman–Crippen LogP) is 3.83. The van der Waals surface area contributed by atoms with Gasteiger partial charge in [-0.15, -0.1) is 11.3 Å². The van der Waals surface area contributed by atoms with Gasteiger partial charge in [0.15, 0.2) is 5.13 Å². The minimum atomic E-state index is 0.0999. The number of hydrogen-bond acceptors (Lipinski definition) is 4. The highest BCUT2D eigenvalue weighted by atomic mass is 32.1. The molecule has 1 N–H and O–H groups in total. The minimum absolute atomic E-state index is 0.0999. The Balaban J connectivity index is 1.87. The first-order valence-corrected chi connectivity index (χ1v) is 8.50. The molecule has 0 aliphatic heterocycles. The van der Waals surface area contributed by atoms with E-state index in [2.05, 4.69) is 17.2 Å². The molecule has 0 atom stereocenters. The Morgan fingerprint density at radius 3 is 2.95 bits per heavy atom. The van der Waals surface area contributed by atoms with Crippen LogP contribution in [0, 0.1) is 6.92 Å². The number of aryl methyl sites for hydroxylation is 1. The van der Waals surface area contributed by atoms with Crippen LogP contribution in [-0.2, 0) is 0 Å². The van der Waals surface area contributed by atoms with Gasteiger partial charge in [-0.05, 0) is 38.3 Å². The summed E-state index contributed by atoms with van der Waals surface area (Å²) in [6.45, 7) is 5.10. The van der Waals surface area contributed by atoms with Gasteiger partial charge in [-0.2, -0.15) is 0 Å². The van der Waals surface area contributed by atoms with Crippen LogP contribution in [0.15, 0.2) is 22.3 Å². The molecule has 0 radical (unpaired) electrons. The maximum absolute atomic E-state index is 12.6. The predicted molar refractivity (Wildman–Crippen MR) is 88.2 cm³/mol. The highest BCUT2D eigenvalue weighted by molar-refractivity contribution is 7.14. The van der Waals surface area contributed by atoms with Gasteiger partial charge in [0.25, 0.3) is 5.56 Å². The number of anilines is 1. The maximum atomic E-state index is 12.6. The van der Waals surface area contributed by atoms with Gasteiger partial charge in [-0.3, -0.25) is 4.79 Å². The maximum Gasteiger partial charge on any atom is 0.260 e. The summed E-state index contributed by atoms with van der Waals surface area (Å²) in [7, 11) is 0. The van der Waals surface area contributed by atoms with E-state index in [0.29, 0.717) is 11.6 Å².